The molecule has 1 unspecified atom stereocenters. The number of hydrogen-bond donors (Lipinski definition) is 1. The van der Waals surface area contributed by atoms with Gasteiger partial charge in [0, 0.05) is 6.04 Å². The van der Waals surface area contributed by atoms with Crippen molar-refractivity contribution in [1.82, 2.24) is 9.55 Å². The number of nitriles is 1. The Labute approximate surface area is 112 Å². The molecule has 3 nitrogen and oxygen atoms in total. The molecule has 4 heteroatoms. The Morgan fingerprint density at radius 2 is 2.22 bits per heavy atom. The normalized spacial score (nSPS) is 12.5. The molecule has 18 heavy (non-hydrogen) atoms. The summed E-state index contributed by atoms with van der Waals surface area (Å²) >= 11 is 5.42. The molecule has 0 saturated heterocycles. The number of para-hydroxylation sites is 1. The van der Waals surface area contributed by atoms with Crippen molar-refractivity contribution in [2.75, 3.05) is 0 Å². The van der Waals surface area contributed by atoms with E-state index >= 15 is 0 Å². The summed E-state index contributed by atoms with van der Waals surface area (Å²) in [6.07, 6.45) is 3.28. The van der Waals surface area contributed by atoms with Crippen LogP contribution in [0.25, 0.3) is 11.0 Å². The number of nitrogens with one attached hydrogen (secondary N) is 1. The first-order valence-electron chi connectivity index (χ1n) is 6.36. The third-order valence-corrected chi connectivity index (χ3v) is 3.63. The molecule has 94 valence electrons. The molecule has 1 aromatic carbocycles. The lowest BCUT2D eigenvalue weighted by molar-refractivity contribution is 0.454. The van der Waals surface area contributed by atoms with Crippen LogP contribution in [0.3, 0.4) is 0 Å². The van der Waals surface area contributed by atoms with Crippen LogP contribution in [0.2, 0.25) is 0 Å². The predicted octanol–water partition coefficient (Wildman–Crippen LogP) is 4.32. The third kappa shape index (κ3) is 2.06. The van der Waals surface area contributed by atoms with E-state index in [2.05, 4.69) is 29.5 Å². The second-order valence-electron chi connectivity index (χ2n) is 4.46. The Balaban J connectivity index is 2.68. The molecular weight excluding hydrogens is 242 g/mol. The highest BCUT2D eigenvalue weighted by atomic mass is 32.1. The van der Waals surface area contributed by atoms with E-state index in [-0.39, 0.29) is 0 Å². The molecule has 0 amide bonds. The maximum atomic E-state index is 9.12. The van der Waals surface area contributed by atoms with Crippen LogP contribution < -0.4 is 0 Å². The van der Waals surface area contributed by atoms with Crippen molar-refractivity contribution in [2.24, 2.45) is 0 Å². The number of aromatic nitrogens is 2. The molecule has 0 bridgehead atoms. The summed E-state index contributed by atoms with van der Waals surface area (Å²) in [5.41, 5.74) is 2.56. The van der Waals surface area contributed by atoms with E-state index in [4.69, 9.17) is 17.5 Å². The van der Waals surface area contributed by atoms with Gasteiger partial charge >= 0.3 is 0 Å². The summed E-state index contributed by atoms with van der Waals surface area (Å²) in [6, 6.07) is 8.38. The lowest BCUT2D eigenvalue weighted by atomic mass is 10.1. The summed E-state index contributed by atoms with van der Waals surface area (Å²) in [6.45, 7) is 4.36. The Morgan fingerprint density at radius 3 is 2.83 bits per heavy atom. The maximum Gasteiger partial charge on any atom is 0.178 e. The molecule has 0 spiro atoms. The fourth-order valence-corrected chi connectivity index (χ4v) is 2.80. The minimum atomic E-state index is 0.408. The van der Waals surface area contributed by atoms with E-state index in [9.17, 15) is 0 Å². The number of benzene rings is 1. The van der Waals surface area contributed by atoms with Gasteiger partial charge < -0.3 is 9.55 Å². The van der Waals surface area contributed by atoms with Crippen molar-refractivity contribution in [1.29, 1.82) is 5.26 Å². The van der Waals surface area contributed by atoms with Gasteiger partial charge in [0.15, 0.2) is 4.77 Å². The summed E-state index contributed by atoms with van der Waals surface area (Å²) in [4.78, 5) is 3.18. The first-order valence-corrected chi connectivity index (χ1v) is 6.77. The maximum absolute atomic E-state index is 9.12. The number of fused-ring (bicyclic) bond motifs is 1. The number of hydrogen-bond acceptors (Lipinski definition) is 2. The van der Waals surface area contributed by atoms with Gasteiger partial charge in [-0.2, -0.15) is 5.26 Å². The lowest BCUT2D eigenvalue weighted by Gasteiger charge is -2.16. The zero-order valence-electron chi connectivity index (χ0n) is 10.7. The number of H-pyrrole nitrogens is 1. The van der Waals surface area contributed by atoms with Crippen molar-refractivity contribution in [3.63, 3.8) is 0 Å². The second-order valence-corrected chi connectivity index (χ2v) is 4.85. The number of rotatable bonds is 4. The molecule has 1 atom stereocenters. The quantitative estimate of drug-likeness (QED) is 0.831. The summed E-state index contributed by atoms with van der Waals surface area (Å²) in [5.74, 6) is 0. The van der Waals surface area contributed by atoms with Gasteiger partial charge in [0.05, 0.1) is 16.6 Å². The van der Waals surface area contributed by atoms with Crippen molar-refractivity contribution in [3.8, 4) is 6.07 Å². The van der Waals surface area contributed by atoms with Crippen LogP contribution in [0.5, 0.6) is 0 Å². The summed E-state index contributed by atoms with van der Waals surface area (Å²) < 4.78 is 2.88. The van der Waals surface area contributed by atoms with Crippen LogP contribution in [0.15, 0.2) is 18.2 Å². The van der Waals surface area contributed by atoms with Crippen LogP contribution in [0.4, 0.5) is 0 Å². The van der Waals surface area contributed by atoms with Crippen molar-refractivity contribution < 1.29 is 0 Å². The monoisotopic (exact) mass is 259 g/mol. The van der Waals surface area contributed by atoms with Gasteiger partial charge in [0.25, 0.3) is 0 Å². The van der Waals surface area contributed by atoms with E-state index in [1.807, 2.05) is 18.2 Å². The molecule has 1 N–H and O–H groups in total. The average Bonchev–Trinajstić information content (AvgIpc) is 2.72. The second kappa shape index (κ2) is 5.36. The van der Waals surface area contributed by atoms with Gasteiger partial charge in [-0.25, -0.2) is 0 Å². The van der Waals surface area contributed by atoms with Crippen molar-refractivity contribution in [3.05, 3.63) is 28.5 Å². The number of aromatic amines is 1. The number of nitrogens with zero attached hydrogens (tertiary/aromatic N) is 2. The summed E-state index contributed by atoms with van der Waals surface area (Å²) in [7, 11) is 0. The number of imidazole rings is 1. The van der Waals surface area contributed by atoms with E-state index in [1.165, 1.54) is 0 Å². The molecule has 2 aromatic rings. The van der Waals surface area contributed by atoms with Gasteiger partial charge in [-0.3, -0.25) is 0 Å². The Hall–Kier alpha value is -1.60. The highest BCUT2D eigenvalue weighted by Crippen LogP contribution is 2.26. The Bertz CT molecular complexity index is 645. The molecule has 2 rings (SSSR count). The zero-order valence-corrected chi connectivity index (χ0v) is 11.5. The van der Waals surface area contributed by atoms with Gasteiger partial charge in [-0.15, -0.1) is 0 Å². The van der Waals surface area contributed by atoms with E-state index < -0.39 is 0 Å². The predicted molar refractivity (Wildman–Crippen MR) is 76.1 cm³/mol. The van der Waals surface area contributed by atoms with Crippen molar-refractivity contribution in [2.45, 2.75) is 39.2 Å². The van der Waals surface area contributed by atoms with Crippen LogP contribution in [0.1, 0.15) is 44.7 Å². The Kier molecular flexibility index (Phi) is 3.83. The molecule has 0 saturated carbocycles. The molecule has 1 heterocycles. The third-order valence-electron chi connectivity index (χ3n) is 3.33. The highest BCUT2D eigenvalue weighted by Gasteiger charge is 2.14. The van der Waals surface area contributed by atoms with E-state index in [0.29, 0.717) is 16.4 Å². The fraction of sp³-hybridized carbons (Fsp3) is 0.429. The average molecular weight is 259 g/mol. The van der Waals surface area contributed by atoms with Crippen molar-refractivity contribution >= 4 is 23.3 Å². The van der Waals surface area contributed by atoms with Crippen LogP contribution >= 0.6 is 12.2 Å². The molecule has 0 fully saturated rings. The molecular formula is C14H17N3S. The first-order chi connectivity index (χ1) is 8.72. The smallest absolute Gasteiger partial charge is 0.178 e. The largest absolute Gasteiger partial charge is 0.329 e. The minimum absolute atomic E-state index is 0.408. The van der Waals surface area contributed by atoms with E-state index in [1.54, 1.807) is 0 Å². The highest BCUT2D eigenvalue weighted by molar-refractivity contribution is 7.71. The molecule has 1 aromatic heterocycles. The minimum Gasteiger partial charge on any atom is -0.329 e. The van der Waals surface area contributed by atoms with Gasteiger partial charge in [-0.05, 0) is 37.2 Å². The first kappa shape index (κ1) is 12.8. The Morgan fingerprint density at radius 1 is 1.44 bits per heavy atom. The van der Waals surface area contributed by atoms with Crippen LogP contribution in [-0.4, -0.2) is 9.55 Å². The molecule has 0 radical (unpaired) electrons. The molecule has 0 aliphatic carbocycles. The molecule has 0 aliphatic rings. The van der Waals surface area contributed by atoms with Crippen LogP contribution in [0, 0.1) is 16.1 Å². The zero-order chi connectivity index (χ0) is 13.1. The van der Waals surface area contributed by atoms with Gasteiger partial charge in [-0.1, -0.05) is 26.3 Å². The fourth-order valence-electron chi connectivity index (χ4n) is 2.45. The SMILES string of the molecule is CCCC(CC)n1c(=S)[nH]c2c(C#N)cccc21. The van der Waals surface area contributed by atoms with Gasteiger partial charge in [0.1, 0.15) is 6.07 Å². The topological polar surface area (TPSA) is 44.5 Å². The standard InChI is InChI=1S/C14H17N3S/c1-3-6-11(4-2)17-12-8-5-7-10(9-15)13(12)16-14(17)18/h5,7-8,11H,3-4,6H2,1-2H3,(H,16,18). The van der Waals surface area contributed by atoms with Gasteiger partial charge in [0.2, 0.25) is 0 Å². The summed E-state index contributed by atoms with van der Waals surface area (Å²) in [5, 5.41) is 9.12. The van der Waals surface area contributed by atoms with Crippen LogP contribution in [-0.2, 0) is 0 Å². The lowest BCUT2D eigenvalue weighted by Crippen LogP contribution is -2.07. The molecule has 0 aliphatic heterocycles. The van der Waals surface area contributed by atoms with E-state index in [0.717, 1.165) is 30.3 Å².